The monoisotopic (exact) mass is 290 g/mol. The molecule has 1 aromatic heterocycles. The van der Waals surface area contributed by atoms with E-state index in [-0.39, 0.29) is 11.8 Å². The number of sulfonamides is 1. The molecule has 1 unspecified atom stereocenters. The lowest BCUT2D eigenvalue weighted by Gasteiger charge is -2.13. The fraction of sp³-hybridized carbons (Fsp3) is 0.667. The van der Waals surface area contributed by atoms with E-state index in [0.717, 1.165) is 0 Å². The predicted octanol–water partition coefficient (Wildman–Crippen LogP) is 1.95. The number of rotatable bonds is 7. The highest BCUT2D eigenvalue weighted by Gasteiger charge is 2.11. The van der Waals surface area contributed by atoms with E-state index >= 15 is 0 Å². The largest absolute Gasteiger partial charge is 0.310 e. The molecule has 1 atom stereocenters. The molecule has 0 saturated heterocycles. The Labute approximate surface area is 114 Å². The molecule has 18 heavy (non-hydrogen) atoms. The summed E-state index contributed by atoms with van der Waals surface area (Å²) in [5, 5.41) is 3.36. The van der Waals surface area contributed by atoms with Gasteiger partial charge in [-0.15, -0.1) is 11.3 Å². The van der Waals surface area contributed by atoms with Gasteiger partial charge in [0.25, 0.3) is 0 Å². The number of thiophene rings is 1. The van der Waals surface area contributed by atoms with Crippen molar-refractivity contribution in [2.24, 2.45) is 0 Å². The molecule has 0 radical (unpaired) electrons. The Hall–Kier alpha value is -0.430. The number of hydrogen-bond donors (Lipinski definition) is 2. The zero-order valence-corrected chi connectivity index (χ0v) is 13.0. The maximum Gasteiger partial charge on any atom is 0.211 e. The van der Waals surface area contributed by atoms with Crippen LogP contribution in [0.2, 0.25) is 0 Å². The molecule has 0 aliphatic heterocycles. The quantitative estimate of drug-likeness (QED) is 0.755. The van der Waals surface area contributed by atoms with Crippen molar-refractivity contribution in [1.82, 2.24) is 10.0 Å². The average Bonchev–Trinajstić information content (AvgIpc) is 2.64. The van der Waals surface area contributed by atoms with Crippen molar-refractivity contribution in [3.63, 3.8) is 0 Å². The summed E-state index contributed by atoms with van der Waals surface area (Å²) in [5.41, 5.74) is 1.31. The fourth-order valence-electron chi connectivity index (χ4n) is 1.87. The van der Waals surface area contributed by atoms with Crippen molar-refractivity contribution < 1.29 is 8.42 Å². The Morgan fingerprint density at radius 1 is 1.39 bits per heavy atom. The highest BCUT2D eigenvalue weighted by Crippen LogP contribution is 2.25. The van der Waals surface area contributed by atoms with Crippen molar-refractivity contribution in [1.29, 1.82) is 0 Å². The molecule has 0 aromatic carbocycles. The lowest BCUT2D eigenvalue weighted by Crippen LogP contribution is -2.26. The van der Waals surface area contributed by atoms with Crippen molar-refractivity contribution in [2.45, 2.75) is 33.2 Å². The van der Waals surface area contributed by atoms with Gasteiger partial charge in [-0.3, -0.25) is 0 Å². The Kier molecular flexibility index (Phi) is 5.78. The minimum atomic E-state index is -3.07. The molecule has 0 spiro atoms. The van der Waals surface area contributed by atoms with Crippen LogP contribution in [0.4, 0.5) is 0 Å². The molecule has 0 bridgehead atoms. The summed E-state index contributed by atoms with van der Waals surface area (Å²) in [6.45, 7) is 7.04. The first kappa shape index (κ1) is 15.6. The summed E-state index contributed by atoms with van der Waals surface area (Å²) >= 11 is 1.80. The van der Waals surface area contributed by atoms with Crippen molar-refractivity contribution in [3.8, 4) is 0 Å². The predicted molar refractivity (Wildman–Crippen MR) is 77.7 cm³/mol. The van der Waals surface area contributed by atoms with Crippen LogP contribution >= 0.6 is 11.3 Å². The molecule has 0 aliphatic carbocycles. The van der Waals surface area contributed by atoms with Crippen molar-refractivity contribution in [3.05, 3.63) is 21.4 Å². The lowest BCUT2D eigenvalue weighted by atomic mass is 10.1. The third-order valence-electron chi connectivity index (χ3n) is 2.90. The van der Waals surface area contributed by atoms with Crippen molar-refractivity contribution in [2.75, 3.05) is 19.3 Å². The van der Waals surface area contributed by atoms with Crippen LogP contribution in [-0.2, 0) is 10.0 Å². The SMILES string of the molecule is CNS(=O)(=O)CCCNC(C)c1cc(C)sc1C. The highest BCUT2D eigenvalue weighted by atomic mass is 32.2. The normalized spacial score (nSPS) is 13.8. The second-order valence-corrected chi connectivity index (χ2v) is 7.93. The third-order valence-corrected chi connectivity index (χ3v) is 5.33. The minimum Gasteiger partial charge on any atom is -0.310 e. The molecule has 1 rings (SSSR count). The third kappa shape index (κ3) is 4.68. The van der Waals surface area contributed by atoms with Gasteiger partial charge in [0.15, 0.2) is 0 Å². The van der Waals surface area contributed by atoms with Crippen LogP contribution in [0.25, 0.3) is 0 Å². The Bertz CT molecular complexity index is 480. The van der Waals surface area contributed by atoms with Gasteiger partial charge in [0.2, 0.25) is 10.0 Å². The highest BCUT2D eigenvalue weighted by molar-refractivity contribution is 7.89. The van der Waals surface area contributed by atoms with Crippen LogP contribution in [0, 0.1) is 13.8 Å². The van der Waals surface area contributed by atoms with E-state index < -0.39 is 10.0 Å². The first-order chi connectivity index (χ1) is 8.35. The molecule has 2 N–H and O–H groups in total. The van der Waals surface area contributed by atoms with Gasteiger partial charge in [0.1, 0.15) is 0 Å². The summed E-state index contributed by atoms with van der Waals surface area (Å²) in [5.74, 6) is 0.171. The number of nitrogens with one attached hydrogen (secondary N) is 2. The smallest absolute Gasteiger partial charge is 0.211 e. The van der Waals surface area contributed by atoms with Gasteiger partial charge in [0, 0.05) is 15.8 Å². The molecular weight excluding hydrogens is 268 g/mol. The van der Waals surface area contributed by atoms with Gasteiger partial charge in [-0.25, -0.2) is 13.1 Å². The van der Waals surface area contributed by atoms with Gasteiger partial charge in [-0.1, -0.05) is 0 Å². The Morgan fingerprint density at radius 2 is 2.06 bits per heavy atom. The Balaban J connectivity index is 2.38. The summed E-state index contributed by atoms with van der Waals surface area (Å²) in [6, 6.07) is 2.47. The molecule has 0 fully saturated rings. The van der Waals surface area contributed by atoms with E-state index in [2.05, 4.69) is 36.9 Å². The van der Waals surface area contributed by atoms with Crippen LogP contribution in [0.3, 0.4) is 0 Å². The molecule has 0 aliphatic rings. The molecule has 0 amide bonds. The van der Waals surface area contributed by atoms with Gasteiger partial charge in [0.05, 0.1) is 5.75 Å². The molecule has 1 aromatic rings. The number of aryl methyl sites for hydroxylation is 2. The summed E-state index contributed by atoms with van der Waals surface area (Å²) in [4.78, 5) is 2.64. The van der Waals surface area contributed by atoms with Crippen LogP contribution in [0.1, 0.15) is 34.7 Å². The number of hydrogen-bond acceptors (Lipinski definition) is 4. The van der Waals surface area contributed by atoms with E-state index in [1.165, 1.54) is 22.4 Å². The maximum atomic E-state index is 11.2. The van der Waals surface area contributed by atoms with E-state index in [4.69, 9.17) is 0 Å². The minimum absolute atomic E-state index is 0.171. The van der Waals surface area contributed by atoms with Gasteiger partial charge >= 0.3 is 0 Å². The molecule has 1 heterocycles. The first-order valence-electron chi connectivity index (χ1n) is 6.07. The van der Waals surface area contributed by atoms with E-state index in [1.54, 1.807) is 11.3 Å². The molecule has 6 heteroatoms. The first-order valence-corrected chi connectivity index (χ1v) is 8.54. The van der Waals surface area contributed by atoms with Gasteiger partial charge in [-0.2, -0.15) is 0 Å². The zero-order chi connectivity index (χ0) is 13.8. The van der Waals surface area contributed by atoms with Crippen molar-refractivity contribution >= 4 is 21.4 Å². The zero-order valence-electron chi connectivity index (χ0n) is 11.4. The van der Waals surface area contributed by atoms with E-state index in [1.807, 2.05) is 0 Å². The van der Waals surface area contributed by atoms with E-state index in [0.29, 0.717) is 13.0 Å². The van der Waals surface area contributed by atoms with Gasteiger partial charge < -0.3 is 5.32 Å². The molecule has 0 saturated carbocycles. The topological polar surface area (TPSA) is 58.2 Å². The Morgan fingerprint density at radius 3 is 2.56 bits per heavy atom. The summed E-state index contributed by atoms with van der Waals surface area (Å²) < 4.78 is 24.8. The van der Waals surface area contributed by atoms with Gasteiger partial charge in [-0.05, 0) is 52.4 Å². The molecule has 104 valence electrons. The second-order valence-electron chi connectivity index (χ2n) is 4.42. The molecule has 4 nitrogen and oxygen atoms in total. The summed E-state index contributed by atoms with van der Waals surface area (Å²) in [7, 11) is -1.63. The average molecular weight is 290 g/mol. The fourth-order valence-corrected chi connectivity index (χ4v) is 3.62. The van der Waals surface area contributed by atoms with E-state index in [9.17, 15) is 8.42 Å². The standard InChI is InChI=1S/C12H22N2O2S2/c1-9-8-12(11(3)17-9)10(2)14-6-5-7-18(15,16)13-4/h8,10,13-14H,5-7H2,1-4H3. The maximum absolute atomic E-state index is 11.2. The molecular formula is C12H22N2O2S2. The second kappa shape index (κ2) is 6.65. The van der Waals surface area contributed by atoms with Crippen LogP contribution < -0.4 is 10.0 Å². The lowest BCUT2D eigenvalue weighted by molar-refractivity contribution is 0.557. The van der Waals surface area contributed by atoms with Crippen LogP contribution in [-0.4, -0.2) is 27.8 Å². The van der Waals surface area contributed by atoms with Crippen LogP contribution in [0.5, 0.6) is 0 Å². The van der Waals surface area contributed by atoms with Crippen LogP contribution in [0.15, 0.2) is 6.07 Å². The summed E-state index contributed by atoms with van der Waals surface area (Å²) in [6.07, 6.45) is 0.621.